The maximum atomic E-state index is 14.9. The van der Waals surface area contributed by atoms with Crippen molar-refractivity contribution in [3.8, 4) is 0 Å². The zero-order valence-corrected chi connectivity index (χ0v) is 12.8. The molecule has 4 atom stereocenters. The lowest BCUT2D eigenvalue weighted by Crippen LogP contribution is -2.59. The van der Waals surface area contributed by atoms with Gasteiger partial charge in [0.15, 0.2) is 7.85 Å². The number of rotatable bonds is 3. The van der Waals surface area contributed by atoms with Crippen molar-refractivity contribution in [3.63, 3.8) is 0 Å². The number of aliphatic hydroxyl groups excluding tert-OH is 3. The van der Waals surface area contributed by atoms with Crippen LogP contribution in [-0.2, 0) is 17.0 Å². The van der Waals surface area contributed by atoms with Crippen molar-refractivity contribution in [1.82, 2.24) is 9.55 Å². The van der Waals surface area contributed by atoms with Crippen LogP contribution in [0.1, 0.15) is 5.56 Å². The Morgan fingerprint density at radius 2 is 1.96 bits per heavy atom. The Morgan fingerprint density at radius 1 is 1.39 bits per heavy atom. The van der Waals surface area contributed by atoms with Gasteiger partial charge in [-0.2, -0.15) is 0 Å². The van der Waals surface area contributed by atoms with E-state index in [9.17, 15) is 29.3 Å². The van der Waals surface area contributed by atoms with E-state index < -0.39 is 46.9 Å². The highest BCUT2D eigenvalue weighted by Crippen LogP contribution is 2.44. The fourth-order valence-corrected chi connectivity index (χ4v) is 2.55. The Bertz CT molecular complexity index is 734. The largest absolute Gasteiger partial charge is 0.402 e. The lowest BCUT2D eigenvalue weighted by Gasteiger charge is -2.36. The summed E-state index contributed by atoms with van der Waals surface area (Å²) in [5.74, 6) is -3.07. The number of ether oxygens (including phenoxy) is 1. The first-order chi connectivity index (χ1) is 10.4. The molecule has 1 saturated heterocycles. The van der Waals surface area contributed by atoms with Crippen LogP contribution in [-0.4, -0.2) is 77.0 Å². The molecular weight excluding hydrogens is 312 g/mol. The highest BCUT2D eigenvalue weighted by molar-refractivity contribution is 6.39. The number of hydrogen-bond acceptors (Lipinski definition) is 7. The first kappa shape index (κ1) is 18.0. The summed E-state index contributed by atoms with van der Waals surface area (Å²) in [6, 6.07) is 0. The molecule has 0 aromatic carbocycles. The molecule has 0 spiro atoms. The molecule has 1 aromatic heterocycles. The van der Waals surface area contributed by atoms with E-state index in [-0.39, 0.29) is 5.56 Å². The van der Waals surface area contributed by atoms with E-state index in [0.29, 0.717) is 4.57 Å². The Labute approximate surface area is 131 Å². The van der Waals surface area contributed by atoms with Gasteiger partial charge in [-0.05, 0) is 0 Å². The Kier molecular flexibility index (Phi) is 4.15. The van der Waals surface area contributed by atoms with Crippen molar-refractivity contribution in [2.24, 2.45) is 0 Å². The van der Waals surface area contributed by atoms with Gasteiger partial charge < -0.3 is 25.2 Å². The molecule has 0 bridgehead atoms. The van der Waals surface area contributed by atoms with E-state index in [1.54, 1.807) is 0 Å². The third-order valence-electron chi connectivity index (χ3n) is 4.08. The van der Waals surface area contributed by atoms with Gasteiger partial charge in [0.2, 0.25) is 0 Å². The monoisotopic (exact) mass is 328 g/mol. The van der Waals surface area contributed by atoms with E-state index in [1.807, 2.05) is 4.98 Å². The second kappa shape index (κ2) is 5.31. The number of nitrogens with one attached hydrogen (secondary N) is 1. The maximum Gasteiger partial charge on any atom is 0.330 e. The van der Waals surface area contributed by atoms with Gasteiger partial charge in [-0.25, -0.2) is 9.18 Å². The predicted octanol–water partition coefficient (Wildman–Crippen LogP) is -6.40. The number of nitrogens with zero attached hydrogens (tertiary/aromatic N) is 1. The van der Waals surface area contributed by atoms with Gasteiger partial charge in [0.25, 0.3) is 11.4 Å². The SMILES string of the molecule is BC(B)(O)[C@@]1(F)O[C@@](B)(n2cc(CO)c(=O)[nH]c2=O)[C@H](O)[C@@H]1O. The van der Waals surface area contributed by atoms with Crippen LogP contribution < -0.4 is 11.2 Å². The lowest BCUT2D eigenvalue weighted by molar-refractivity contribution is -0.243. The van der Waals surface area contributed by atoms with Gasteiger partial charge in [-0.3, -0.25) is 14.3 Å². The van der Waals surface area contributed by atoms with Crippen LogP contribution in [0.2, 0.25) is 0 Å². The van der Waals surface area contributed by atoms with Crippen LogP contribution in [0.15, 0.2) is 15.8 Å². The quantitative estimate of drug-likeness (QED) is 0.347. The number of aromatic amines is 1. The van der Waals surface area contributed by atoms with Gasteiger partial charge in [-0.1, -0.05) is 0 Å². The summed E-state index contributed by atoms with van der Waals surface area (Å²) in [6.45, 7) is -0.712. The molecule has 1 fully saturated rings. The molecule has 0 aliphatic carbocycles. The number of H-pyrrole nitrogens is 1. The number of hydrogen-bond donors (Lipinski definition) is 5. The standard InChI is InChI=1S/C10H16B3FN2O7/c11-9(16-1-3(2-17)6(20)15-7(16)21)5(19)4(18)8(14,23-9)10(12,13)22/h1,4-5,17-19,22H,2,11-13H2,(H,15,20,21)/t4-,5+,8-,9-/m0/s1. The zero-order valence-electron chi connectivity index (χ0n) is 12.8. The molecule has 1 aliphatic rings. The summed E-state index contributed by atoms with van der Waals surface area (Å²) < 4.78 is 20.6. The summed E-state index contributed by atoms with van der Waals surface area (Å²) in [5.41, 5.74) is -4.24. The molecule has 2 rings (SSSR count). The van der Waals surface area contributed by atoms with Crippen LogP contribution in [0.25, 0.3) is 0 Å². The maximum absolute atomic E-state index is 14.9. The van der Waals surface area contributed by atoms with Crippen LogP contribution in [0.5, 0.6) is 0 Å². The summed E-state index contributed by atoms with van der Waals surface area (Å²) in [4.78, 5) is 25.4. The number of alkyl halides is 1. The van der Waals surface area contributed by atoms with Crippen LogP contribution >= 0.6 is 0 Å². The summed E-state index contributed by atoms with van der Waals surface area (Å²) >= 11 is 0. The lowest BCUT2D eigenvalue weighted by atomic mass is 9.59. The van der Waals surface area contributed by atoms with E-state index in [0.717, 1.165) is 29.7 Å². The molecule has 13 heteroatoms. The molecule has 9 nitrogen and oxygen atoms in total. The van der Waals surface area contributed by atoms with Crippen molar-refractivity contribution in [1.29, 1.82) is 0 Å². The highest BCUT2D eigenvalue weighted by Gasteiger charge is 2.67. The van der Waals surface area contributed by atoms with Gasteiger partial charge in [0.05, 0.1) is 17.6 Å². The Balaban J connectivity index is 2.64. The third kappa shape index (κ3) is 2.48. The molecule has 0 saturated carbocycles. The smallest absolute Gasteiger partial charge is 0.330 e. The molecule has 5 N–H and O–H groups in total. The van der Waals surface area contributed by atoms with Crippen molar-refractivity contribution in [2.75, 3.05) is 0 Å². The summed E-state index contributed by atoms with van der Waals surface area (Å²) in [7, 11) is 3.17. The second-order valence-corrected chi connectivity index (χ2v) is 6.19. The molecule has 2 heterocycles. The molecule has 0 amide bonds. The molecular formula is C10H16B3FN2O7. The zero-order chi connectivity index (χ0) is 17.8. The molecule has 124 valence electrons. The normalized spacial score (nSPS) is 34.7. The molecule has 0 radical (unpaired) electrons. The number of aliphatic hydroxyl groups is 4. The van der Waals surface area contributed by atoms with Gasteiger partial charge in [0, 0.05) is 6.20 Å². The molecule has 0 unspecified atom stereocenters. The van der Waals surface area contributed by atoms with E-state index in [4.69, 9.17) is 9.84 Å². The average Bonchev–Trinajstić information content (AvgIpc) is 2.61. The minimum absolute atomic E-state index is 0.226. The molecule has 1 aliphatic heterocycles. The molecule has 1 aromatic rings. The van der Waals surface area contributed by atoms with Gasteiger partial charge >= 0.3 is 5.69 Å². The van der Waals surface area contributed by atoms with Gasteiger partial charge in [0.1, 0.15) is 33.5 Å². The van der Waals surface area contributed by atoms with Crippen LogP contribution in [0.4, 0.5) is 4.39 Å². The number of aromatic nitrogens is 2. The van der Waals surface area contributed by atoms with Crippen molar-refractivity contribution in [3.05, 3.63) is 32.6 Å². The predicted molar refractivity (Wildman–Crippen MR) is 82.7 cm³/mol. The summed E-state index contributed by atoms with van der Waals surface area (Å²) in [5, 5.41) is 37.0. The second-order valence-electron chi connectivity index (χ2n) is 6.19. The van der Waals surface area contributed by atoms with Crippen molar-refractivity contribution >= 4 is 23.5 Å². The minimum Gasteiger partial charge on any atom is -0.402 e. The Hall–Kier alpha value is -1.40. The topological polar surface area (TPSA) is 145 Å². The van der Waals surface area contributed by atoms with E-state index >= 15 is 0 Å². The van der Waals surface area contributed by atoms with E-state index in [2.05, 4.69) is 0 Å². The number of halogens is 1. The van der Waals surface area contributed by atoms with Crippen molar-refractivity contribution in [2.45, 2.75) is 35.7 Å². The van der Waals surface area contributed by atoms with Crippen molar-refractivity contribution < 1.29 is 29.6 Å². The fourth-order valence-electron chi connectivity index (χ4n) is 2.55. The van der Waals surface area contributed by atoms with Crippen LogP contribution in [0.3, 0.4) is 0 Å². The first-order valence-corrected chi connectivity index (χ1v) is 6.82. The fraction of sp³-hybridized carbons (Fsp3) is 0.600. The van der Waals surface area contributed by atoms with Gasteiger partial charge in [-0.15, -0.1) is 0 Å². The highest BCUT2D eigenvalue weighted by atomic mass is 19.2. The van der Waals surface area contributed by atoms with E-state index in [1.165, 1.54) is 0 Å². The first-order valence-electron chi connectivity index (χ1n) is 6.82. The molecule has 23 heavy (non-hydrogen) atoms. The Morgan fingerprint density at radius 3 is 2.39 bits per heavy atom. The minimum atomic E-state index is -3.07. The summed E-state index contributed by atoms with van der Waals surface area (Å²) in [6.07, 6.45) is -3.20. The third-order valence-corrected chi connectivity index (χ3v) is 4.08. The van der Waals surface area contributed by atoms with Crippen LogP contribution in [0, 0.1) is 0 Å². The average molecular weight is 328 g/mol.